The summed E-state index contributed by atoms with van der Waals surface area (Å²) in [4.78, 5) is 18.6. The minimum Gasteiger partial charge on any atom is -0.347 e. The number of likely N-dealkylation sites (tertiary alicyclic amines) is 1. The number of hydrogen-bond acceptors (Lipinski definition) is 2. The Labute approximate surface area is 165 Å². The Balaban J connectivity index is 0.00000225. The first kappa shape index (κ1) is 19.9. The lowest BCUT2D eigenvalue weighted by Gasteiger charge is -2.22. The number of fused-ring (bicyclic) bond motifs is 1. The molecule has 0 radical (unpaired) electrons. The number of nitrogens with zero attached hydrogens (tertiary/aromatic N) is 2. The first-order chi connectivity index (χ1) is 11.7. The van der Waals surface area contributed by atoms with Gasteiger partial charge in [0.15, 0.2) is 5.96 Å². The molecule has 1 amide bonds. The largest absolute Gasteiger partial charge is 0.347 e. The molecule has 2 N–H and O–H groups in total. The minimum atomic E-state index is -0.318. The predicted octanol–water partition coefficient (Wildman–Crippen LogP) is 3.08. The number of carbonyl (C=O) groups is 1. The van der Waals surface area contributed by atoms with Crippen LogP contribution >= 0.6 is 24.0 Å². The summed E-state index contributed by atoms with van der Waals surface area (Å²) in [6, 6.07) is 5.75. The van der Waals surface area contributed by atoms with Gasteiger partial charge in [-0.25, -0.2) is 4.39 Å². The van der Waals surface area contributed by atoms with Crippen molar-refractivity contribution >= 4 is 41.5 Å². The highest BCUT2D eigenvalue weighted by atomic mass is 127. The number of carbonyl (C=O) groups excluding carboxylic acids is 1. The van der Waals surface area contributed by atoms with Crippen molar-refractivity contribution in [2.24, 2.45) is 16.8 Å². The second kappa shape index (κ2) is 9.35. The van der Waals surface area contributed by atoms with E-state index >= 15 is 0 Å². The highest BCUT2D eigenvalue weighted by Crippen LogP contribution is 2.35. The lowest BCUT2D eigenvalue weighted by atomic mass is 9.82. The van der Waals surface area contributed by atoms with Gasteiger partial charge in [-0.3, -0.25) is 9.79 Å². The van der Waals surface area contributed by atoms with Crippen molar-refractivity contribution in [3.63, 3.8) is 0 Å². The molecule has 2 fully saturated rings. The third-order valence-electron chi connectivity index (χ3n) is 5.02. The van der Waals surface area contributed by atoms with Crippen LogP contribution in [0.1, 0.15) is 25.7 Å². The molecule has 1 aliphatic carbocycles. The van der Waals surface area contributed by atoms with Gasteiger partial charge in [-0.05, 0) is 48.9 Å². The van der Waals surface area contributed by atoms with E-state index in [1.165, 1.54) is 37.8 Å². The van der Waals surface area contributed by atoms with Gasteiger partial charge in [0.05, 0.1) is 6.54 Å². The van der Waals surface area contributed by atoms with E-state index in [0.717, 1.165) is 30.9 Å². The Morgan fingerprint density at radius 3 is 2.36 bits per heavy atom. The van der Waals surface area contributed by atoms with E-state index < -0.39 is 0 Å². The molecule has 3 rings (SSSR count). The van der Waals surface area contributed by atoms with Crippen LogP contribution in [0.3, 0.4) is 0 Å². The summed E-state index contributed by atoms with van der Waals surface area (Å²) < 4.78 is 12.9. The number of halogens is 2. The third-order valence-corrected chi connectivity index (χ3v) is 5.02. The van der Waals surface area contributed by atoms with Crippen LogP contribution in [0.5, 0.6) is 0 Å². The topological polar surface area (TPSA) is 56.7 Å². The third kappa shape index (κ3) is 5.29. The molecular formula is C18H26FIN4O. The number of aliphatic imine (C=N–C) groups is 1. The van der Waals surface area contributed by atoms with E-state index in [2.05, 4.69) is 20.5 Å². The number of amides is 1. The van der Waals surface area contributed by atoms with E-state index in [-0.39, 0.29) is 42.2 Å². The van der Waals surface area contributed by atoms with Gasteiger partial charge in [-0.2, -0.15) is 0 Å². The maximum Gasteiger partial charge on any atom is 0.243 e. The number of rotatable bonds is 3. The van der Waals surface area contributed by atoms with Crippen molar-refractivity contribution in [1.82, 2.24) is 10.2 Å². The number of guanidine groups is 1. The van der Waals surface area contributed by atoms with Gasteiger partial charge in [0.25, 0.3) is 0 Å². The SMILES string of the molecule is CN=C(NCC(=O)Nc1ccc(F)cc1)N1CC2CCCCC2C1.I. The van der Waals surface area contributed by atoms with Gasteiger partial charge in [0.1, 0.15) is 5.82 Å². The molecule has 25 heavy (non-hydrogen) atoms. The van der Waals surface area contributed by atoms with Crippen molar-refractivity contribution < 1.29 is 9.18 Å². The summed E-state index contributed by atoms with van der Waals surface area (Å²) in [6.45, 7) is 2.21. The fourth-order valence-corrected chi connectivity index (χ4v) is 3.81. The van der Waals surface area contributed by atoms with Gasteiger partial charge in [-0.1, -0.05) is 12.8 Å². The first-order valence-corrected chi connectivity index (χ1v) is 8.66. The van der Waals surface area contributed by atoms with Gasteiger partial charge in [0, 0.05) is 25.8 Å². The van der Waals surface area contributed by atoms with Gasteiger partial charge in [-0.15, -0.1) is 24.0 Å². The quantitative estimate of drug-likeness (QED) is 0.414. The molecule has 1 aromatic rings. The molecule has 1 saturated carbocycles. The van der Waals surface area contributed by atoms with E-state index in [1.54, 1.807) is 19.2 Å². The molecule has 2 unspecified atom stereocenters. The summed E-state index contributed by atoms with van der Waals surface area (Å²) in [5.74, 6) is 1.84. The number of nitrogens with one attached hydrogen (secondary N) is 2. The fraction of sp³-hybridized carbons (Fsp3) is 0.556. The lowest BCUT2D eigenvalue weighted by molar-refractivity contribution is -0.115. The maximum absolute atomic E-state index is 12.9. The smallest absolute Gasteiger partial charge is 0.243 e. The van der Waals surface area contributed by atoms with E-state index in [9.17, 15) is 9.18 Å². The average molecular weight is 460 g/mol. The molecule has 1 saturated heterocycles. The molecule has 1 heterocycles. The summed E-state index contributed by atoms with van der Waals surface area (Å²) in [7, 11) is 1.75. The van der Waals surface area contributed by atoms with Crippen molar-refractivity contribution in [2.45, 2.75) is 25.7 Å². The number of anilines is 1. The van der Waals surface area contributed by atoms with Crippen LogP contribution in [0.25, 0.3) is 0 Å². The molecule has 0 aromatic heterocycles. The van der Waals surface area contributed by atoms with Crippen LogP contribution < -0.4 is 10.6 Å². The first-order valence-electron chi connectivity index (χ1n) is 8.66. The van der Waals surface area contributed by atoms with Gasteiger partial charge < -0.3 is 15.5 Å². The van der Waals surface area contributed by atoms with Crippen LogP contribution in [0.2, 0.25) is 0 Å². The van der Waals surface area contributed by atoms with E-state index in [1.807, 2.05) is 0 Å². The van der Waals surface area contributed by atoms with E-state index in [0.29, 0.717) is 5.69 Å². The van der Waals surface area contributed by atoms with Crippen LogP contribution in [-0.2, 0) is 4.79 Å². The number of hydrogen-bond donors (Lipinski definition) is 2. The molecule has 1 aliphatic heterocycles. The standard InChI is InChI=1S/C18H25FN4O.HI/c1-20-18(23-11-13-4-2-3-5-14(13)12-23)21-10-17(24)22-16-8-6-15(19)7-9-16;/h6-9,13-14H,2-5,10-12H2,1H3,(H,20,21)(H,22,24);1H. The second-order valence-electron chi connectivity index (χ2n) is 6.67. The van der Waals surface area contributed by atoms with Crippen LogP contribution in [0.15, 0.2) is 29.3 Å². The van der Waals surface area contributed by atoms with E-state index in [4.69, 9.17) is 0 Å². The summed E-state index contributed by atoms with van der Waals surface area (Å²) in [5.41, 5.74) is 0.588. The maximum atomic E-state index is 12.9. The Morgan fingerprint density at radius 1 is 1.20 bits per heavy atom. The number of benzene rings is 1. The molecule has 2 aliphatic rings. The molecule has 0 spiro atoms. The summed E-state index contributed by atoms with van der Waals surface area (Å²) in [5, 5.41) is 5.89. The normalized spacial score (nSPS) is 22.8. The zero-order valence-corrected chi connectivity index (χ0v) is 16.8. The second-order valence-corrected chi connectivity index (χ2v) is 6.67. The van der Waals surface area contributed by atoms with Crippen LogP contribution in [0.4, 0.5) is 10.1 Å². The molecular weight excluding hydrogens is 434 g/mol. The molecule has 5 nitrogen and oxygen atoms in total. The highest BCUT2D eigenvalue weighted by Gasteiger charge is 2.35. The van der Waals surface area contributed by atoms with Crippen molar-refractivity contribution in [3.8, 4) is 0 Å². The highest BCUT2D eigenvalue weighted by molar-refractivity contribution is 14.0. The zero-order valence-electron chi connectivity index (χ0n) is 14.5. The van der Waals surface area contributed by atoms with Crippen LogP contribution in [0, 0.1) is 17.7 Å². The van der Waals surface area contributed by atoms with Gasteiger partial charge in [0.2, 0.25) is 5.91 Å². The minimum absolute atomic E-state index is 0. The lowest BCUT2D eigenvalue weighted by Crippen LogP contribution is -2.43. The van der Waals surface area contributed by atoms with Crippen molar-refractivity contribution in [2.75, 3.05) is 32.0 Å². The monoisotopic (exact) mass is 460 g/mol. The summed E-state index contributed by atoms with van der Waals surface area (Å²) in [6.07, 6.45) is 5.29. The Bertz CT molecular complexity index is 594. The fourth-order valence-electron chi connectivity index (χ4n) is 3.81. The predicted molar refractivity (Wildman–Crippen MR) is 109 cm³/mol. The Morgan fingerprint density at radius 2 is 1.80 bits per heavy atom. The Hall–Kier alpha value is -1.38. The molecule has 0 bridgehead atoms. The summed E-state index contributed by atoms with van der Waals surface area (Å²) >= 11 is 0. The van der Waals surface area contributed by atoms with Gasteiger partial charge >= 0.3 is 0 Å². The average Bonchev–Trinajstić information content (AvgIpc) is 3.01. The van der Waals surface area contributed by atoms with Crippen molar-refractivity contribution in [3.05, 3.63) is 30.1 Å². The molecule has 2 atom stereocenters. The Kier molecular flexibility index (Phi) is 7.46. The molecule has 7 heteroatoms. The van der Waals surface area contributed by atoms with Crippen molar-refractivity contribution in [1.29, 1.82) is 0 Å². The van der Waals surface area contributed by atoms with Crippen LogP contribution in [-0.4, -0.2) is 43.4 Å². The zero-order chi connectivity index (χ0) is 16.9. The molecule has 138 valence electrons. The molecule has 1 aromatic carbocycles.